The molecule has 0 aliphatic heterocycles. The summed E-state index contributed by atoms with van der Waals surface area (Å²) in [6, 6.07) is 2.87. The lowest BCUT2D eigenvalue weighted by Gasteiger charge is -2.10. The van der Waals surface area contributed by atoms with Crippen molar-refractivity contribution in [3.05, 3.63) is 23.3 Å². The van der Waals surface area contributed by atoms with Gasteiger partial charge < -0.3 is 24.1 Å². The lowest BCUT2D eigenvalue weighted by molar-refractivity contribution is -0.143. The smallest absolute Gasteiger partial charge is 0.345 e. The number of phenols is 1. The highest BCUT2D eigenvalue weighted by Gasteiger charge is 2.20. The van der Waals surface area contributed by atoms with Crippen molar-refractivity contribution in [2.24, 2.45) is 0 Å². The van der Waals surface area contributed by atoms with Crippen molar-refractivity contribution in [2.75, 3.05) is 28.4 Å². The summed E-state index contributed by atoms with van der Waals surface area (Å²) in [6.07, 6.45) is 1.25. The Hall–Kier alpha value is -2.70. The van der Waals surface area contributed by atoms with Gasteiger partial charge in [0.25, 0.3) is 0 Å². The molecule has 0 fully saturated rings. The maximum atomic E-state index is 11.6. The number of phenolic OH excluding ortho intramolecular Hbond substituents is 1. The maximum absolute atomic E-state index is 11.6. The van der Waals surface area contributed by atoms with E-state index >= 15 is 0 Å². The van der Waals surface area contributed by atoms with Crippen LogP contribution in [0.4, 0.5) is 0 Å². The molecule has 0 aromatic heterocycles. The highest BCUT2D eigenvalue weighted by atomic mass is 16.5. The third-order valence-electron chi connectivity index (χ3n) is 2.62. The maximum Gasteiger partial charge on any atom is 0.345 e. The minimum absolute atomic E-state index is 0.134. The van der Waals surface area contributed by atoms with Gasteiger partial charge in [-0.25, -0.2) is 9.59 Å². The second-order valence-corrected chi connectivity index (χ2v) is 3.82. The van der Waals surface area contributed by atoms with Gasteiger partial charge in [-0.3, -0.25) is 0 Å². The average Bonchev–Trinajstić information content (AvgIpc) is 2.52. The van der Waals surface area contributed by atoms with E-state index in [2.05, 4.69) is 9.47 Å². The molecule has 0 radical (unpaired) electrons. The van der Waals surface area contributed by atoms with Crippen LogP contribution < -0.4 is 9.47 Å². The van der Waals surface area contributed by atoms with Crippen LogP contribution in [0.1, 0.15) is 5.56 Å². The second kappa shape index (κ2) is 7.18. The number of esters is 2. The van der Waals surface area contributed by atoms with E-state index in [4.69, 9.17) is 9.47 Å². The number of aromatic hydroxyl groups is 1. The van der Waals surface area contributed by atoms with Crippen LogP contribution in [0.2, 0.25) is 0 Å². The number of benzene rings is 1. The summed E-state index contributed by atoms with van der Waals surface area (Å²) in [7, 11) is 5.03. The lowest BCUT2D eigenvalue weighted by atomic mass is 10.1. The molecule has 1 rings (SSSR count). The normalized spacial score (nSPS) is 9.52. The number of rotatable bonds is 5. The molecule has 1 aromatic rings. The summed E-state index contributed by atoms with van der Waals surface area (Å²) >= 11 is 0. The van der Waals surface area contributed by atoms with Crippen molar-refractivity contribution in [2.45, 2.75) is 0 Å². The van der Waals surface area contributed by atoms with Gasteiger partial charge in [0, 0.05) is 0 Å². The summed E-state index contributed by atoms with van der Waals surface area (Å²) in [6.45, 7) is 0. The topological polar surface area (TPSA) is 91.3 Å². The second-order valence-electron chi connectivity index (χ2n) is 3.82. The molecule has 0 heterocycles. The predicted octanol–water partition coefficient (Wildman–Crippen LogP) is 1.14. The Morgan fingerprint density at radius 1 is 0.952 bits per heavy atom. The summed E-state index contributed by atoms with van der Waals surface area (Å²) < 4.78 is 19.0. The molecule has 1 N–H and O–H groups in total. The molecular formula is C14H16O7. The predicted molar refractivity (Wildman–Crippen MR) is 73.2 cm³/mol. The van der Waals surface area contributed by atoms with Crippen LogP contribution in [0.3, 0.4) is 0 Å². The van der Waals surface area contributed by atoms with E-state index in [-0.39, 0.29) is 22.8 Å². The van der Waals surface area contributed by atoms with E-state index < -0.39 is 11.9 Å². The monoisotopic (exact) mass is 296 g/mol. The van der Waals surface area contributed by atoms with Crippen LogP contribution in [-0.4, -0.2) is 45.5 Å². The van der Waals surface area contributed by atoms with Crippen LogP contribution >= 0.6 is 0 Å². The van der Waals surface area contributed by atoms with Crippen molar-refractivity contribution in [3.8, 4) is 17.2 Å². The first-order chi connectivity index (χ1) is 9.98. The first-order valence-corrected chi connectivity index (χ1v) is 5.81. The van der Waals surface area contributed by atoms with Gasteiger partial charge in [0.2, 0.25) is 5.75 Å². The van der Waals surface area contributed by atoms with E-state index in [1.54, 1.807) is 0 Å². The third kappa shape index (κ3) is 3.65. The fraction of sp³-hybridized carbons (Fsp3) is 0.286. The number of methoxy groups -OCH3 is 4. The van der Waals surface area contributed by atoms with Crippen molar-refractivity contribution in [1.82, 2.24) is 0 Å². The largest absolute Gasteiger partial charge is 0.502 e. The van der Waals surface area contributed by atoms with E-state index in [1.807, 2.05) is 0 Å². The van der Waals surface area contributed by atoms with Crippen molar-refractivity contribution in [3.63, 3.8) is 0 Å². The molecule has 0 atom stereocenters. The van der Waals surface area contributed by atoms with E-state index in [0.717, 1.165) is 14.2 Å². The fourth-order valence-electron chi connectivity index (χ4n) is 1.58. The quantitative estimate of drug-likeness (QED) is 0.377. The minimum Gasteiger partial charge on any atom is -0.502 e. The molecule has 0 amide bonds. The zero-order valence-corrected chi connectivity index (χ0v) is 12.1. The van der Waals surface area contributed by atoms with Crippen LogP contribution in [0.25, 0.3) is 6.08 Å². The highest BCUT2D eigenvalue weighted by Crippen LogP contribution is 2.37. The zero-order valence-electron chi connectivity index (χ0n) is 12.1. The van der Waals surface area contributed by atoms with E-state index in [0.29, 0.717) is 5.56 Å². The standard InChI is InChI=1S/C14H16O7/c1-18-10-6-8(7-11(19-2)12(10)15)5-9(13(16)20-3)14(17)21-4/h5-7,15H,1-4H3. The number of carbonyl (C=O) groups excluding carboxylic acids is 2. The molecule has 21 heavy (non-hydrogen) atoms. The first kappa shape index (κ1) is 16.4. The Kier molecular flexibility index (Phi) is 5.59. The van der Waals surface area contributed by atoms with Crippen molar-refractivity contribution in [1.29, 1.82) is 0 Å². The molecule has 114 valence electrons. The van der Waals surface area contributed by atoms with Crippen molar-refractivity contribution < 1.29 is 33.6 Å². The van der Waals surface area contributed by atoms with Crippen molar-refractivity contribution >= 4 is 18.0 Å². The Morgan fingerprint density at radius 2 is 1.38 bits per heavy atom. The Bertz CT molecular complexity index is 532. The number of carbonyl (C=O) groups is 2. The molecule has 1 aromatic carbocycles. The molecule has 7 nitrogen and oxygen atoms in total. The Labute approximate surface area is 121 Å². The molecule has 0 aliphatic rings. The van der Waals surface area contributed by atoms with Crippen LogP contribution in [0.5, 0.6) is 17.2 Å². The van der Waals surface area contributed by atoms with Gasteiger partial charge in [-0.2, -0.15) is 0 Å². The highest BCUT2D eigenvalue weighted by molar-refractivity contribution is 6.17. The third-order valence-corrected chi connectivity index (χ3v) is 2.62. The molecule has 0 bridgehead atoms. The lowest BCUT2D eigenvalue weighted by Crippen LogP contribution is -2.15. The number of hydrogen-bond donors (Lipinski definition) is 1. The van der Waals surface area contributed by atoms with Gasteiger partial charge in [-0.15, -0.1) is 0 Å². The zero-order chi connectivity index (χ0) is 16.0. The number of ether oxygens (including phenoxy) is 4. The molecule has 0 saturated carbocycles. The van der Waals surface area contributed by atoms with Crippen LogP contribution in [0.15, 0.2) is 17.7 Å². The molecule has 0 saturated heterocycles. The Morgan fingerprint density at radius 3 is 1.71 bits per heavy atom. The average molecular weight is 296 g/mol. The first-order valence-electron chi connectivity index (χ1n) is 5.81. The van der Waals surface area contributed by atoms with E-state index in [1.165, 1.54) is 32.4 Å². The van der Waals surface area contributed by atoms with E-state index in [9.17, 15) is 14.7 Å². The summed E-state index contributed by atoms with van der Waals surface area (Å²) in [5, 5.41) is 9.80. The fourth-order valence-corrected chi connectivity index (χ4v) is 1.58. The summed E-state index contributed by atoms with van der Waals surface area (Å²) in [5.74, 6) is -1.60. The summed E-state index contributed by atoms with van der Waals surface area (Å²) in [4.78, 5) is 23.2. The van der Waals surface area contributed by atoms with Gasteiger partial charge in [0.15, 0.2) is 11.5 Å². The van der Waals surface area contributed by atoms with Gasteiger partial charge >= 0.3 is 11.9 Å². The Balaban J connectivity index is 3.39. The van der Waals surface area contributed by atoms with Gasteiger partial charge in [-0.05, 0) is 23.8 Å². The van der Waals surface area contributed by atoms with Gasteiger partial charge in [-0.1, -0.05) is 0 Å². The molecular weight excluding hydrogens is 280 g/mol. The van der Waals surface area contributed by atoms with Crippen LogP contribution in [-0.2, 0) is 19.1 Å². The molecule has 7 heteroatoms. The molecule has 0 aliphatic carbocycles. The SMILES string of the molecule is COC(=O)C(=Cc1cc(OC)c(O)c(OC)c1)C(=O)OC. The minimum atomic E-state index is -0.840. The van der Waals surface area contributed by atoms with Gasteiger partial charge in [0.05, 0.1) is 28.4 Å². The molecule has 0 spiro atoms. The van der Waals surface area contributed by atoms with Crippen LogP contribution in [0, 0.1) is 0 Å². The van der Waals surface area contributed by atoms with Gasteiger partial charge in [0.1, 0.15) is 5.57 Å². The number of hydrogen-bond acceptors (Lipinski definition) is 7. The molecule has 0 unspecified atom stereocenters. The summed E-state index contributed by atoms with van der Waals surface area (Å²) in [5.41, 5.74) is 0.0992.